The lowest BCUT2D eigenvalue weighted by atomic mass is 10.1. The van der Waals surface area contributed by atoms with E-state index in [1.165, 1.54) is 27.8 Å². The molecule has 0 aliphatic carbocycles. The standard InChI is InChI=1S/C25H23ClNS/c26-23-14-5-7-16-25(23)28-22-18-21-13-4-6-15-24(21)27(19-22)17-9-8-12-20-10-2-1-3-11-20/h1-7,10-11,13-16,18-19H,8-9,12,17H2/q+1. The first-order valence-corrected chi connectivity index (χ1v) is 10.9. The van der Waals surface area contributed by atoms with Crippen LogP contribution in [0.5, 0.6) is 0 Å². The van der Waals surface area contributed by atoms with Crippen molar-refractivity contribution in [2.24, 2.45) is 0 Å². The zero-order valence-corrected chi connectivity index (χ0v) is 17.3. The topological polar surface area (TPSA) is 3.88 Å². The van der Waals surface area contributed by atoms with Crippen LogP contribution < -0.4 is 4.57 Å². The van der Waals surface area contributed by atoms with Gasteiger partial charge in [0.25, 0.3) is 0 Å². The highest BCUT2D eigenvalue weighted by atomic mass is 35.5. The van der Waals surface area contributed by atoms with Gasteiger partial charge in [0.15, 0.2) is 6.20 Å². The third-order valence-corrected chi connectivity index (χ3v) is 6.33. The van der Waals surface area contributed by atoms with E-state index >= 15 is 0 Å². The second-order valence-electron chi connectivity index (χ2n) is 6.90. The van der Waals surface area contributed by atoms with Gasteiger partial charge in [-0.1, -0.05) is 78.0 Å². The maximum atomic E-state index is 6.37. The van der Waals surface area contributed by atoms with Gasteiger partial charge in [0.1, 0.15) is 6.54 Å². The lowest BCUT2D eigenvalue weighted by Crippen LogP contribution is -2.34. The lowest BCUT2D eigenvalue weighted by Gasteiger charge is -2.07. The number of unbranched alkanes of at least 4 members (excludes halogenated alkanes) is 1. The average molecular weight is 405 g/mol. The number of halogens is 1. The van der Waals surface area contributed by atoms with E-state index in [1.54, 1.807) is 11.8 Å². The maximum absolute atomic E-state index is 6.37. The summed E-state index contributed by atoms with van der Waals surface area (Å²) in [5.41, 5.74) is 2.70. The van der Waals surface area contributed by atoms with Crippen molar-refractivity contribution in [3.05, 3.63) is 102 Å². The third kappa shape index (κ3) is 4.76. The fourth-order valence-electron chi connectivity index (χ4n) is 3.44. The summed E-state index contributed by atoms with van der Waals surface area (Å²) in [7, 11) is 0. The molecule has 1 aromatic heterocycles. The molecule has 0 saturated carbocycles. The molecule has 0 atom stereocenters. The number of hydrogen-bond donors (Lipinski definition) is 0. The highest BCUT2D eigenvalue weighted by Gasteiger charge is 2.13. The molecule has 0 unspecified atom stereocenters. The van der Waals surface area contributed by atoms with Crippen molar-refractivity contribution in [2.45, 2.75) is 35.6 Å². The van der Waals surface area contributed by atoms with Crippen LogP contribution in [-0.2, 0) is 13.0 Å². The molecule has 0 spiro atoms. The fraction of sp³-hybridized carbons (Fsp3) is 0.160. The number of hydrogen-bond acceptors (Lipinski definition) is 1. The fourth-order valence-corrected chi connectivity index (χ4v) is 4.62. The summed E-state index contributed by atoms with van der Waals surface area (Å²) in [6.07, 6.45) is 5.74. The predicted octanol–water partition coefficient (Wildman–Crippen LogP) is 6.95. The van der Waals surface area contributed by atoms with Crippen LogP contribution in [0.1, 0.15) is 18.4 Å². The number of nitrogens with zero attached hydrogens (tertiary/aromatic N) is 1. The van der Waals surface area contributed by atoms with Crippen LogP contribution in [0, 0.1) is 0 Å². The quantitative estimate of drug-likeness (QED) is 0.238. The minimum absolute atomic E-state index is 0.801. The van der Waals surface area contributed by atoms with Crippen LogP contribution in [0.4, 0.5) is 0 Å². The summed E-state index contributed by atoms with van der Waals surface area (Å²) in [5, 5.41) is 2.07. The first kappa shape index (κ1) is 19.0. The van der Waals surface area contributed by atoms with E-state index < -0.39 is 0 Å². The Labute approximate surface area is 176 Å². The average Bonchev–Trinajstić information content (AvgIpc) is 2.73. The van der Waals surface area contributed by atoms with Crippen LogP contribution in [0.15, 0.2) is 101 Å². The minimum atomic E-state index is 0.801. The largest absolute Gasteiger partial charge is 0.212 e. The van der Waals surface area contributed by atoms with E-state index in [9.17, 15) is 0 Å². The number of benzene rings is 3. The van der Waals surface area contributed by atoms with Crippen LogP contribution in [0.25, 0.3) is 10.9 Å². The molecule has 0 N–H and O–H groups in total. The molecule has 140 valence electrons. The number of pyridine rings is 1. The second-order valence-corrected chi connectivity index (χ2v) is 8.43. The SMILES string of the molecule is Clc1ccccc1Sc1cc2ccccc2[n+](CCCCc2ccccc2)c1. The van der Waals surface area contributed by atoms with Gasteiger partial charge < -0.3 is 0 Å². The molecule has 1 nitrogen and oxygen atoms in total. The van der Waals surface area contributed by atoms with Crippen molar-refractivity contribution >= 4 is 34.3 Å². The molecule has 0 saturated heterocycles. The first-order valence-electron chi connectivity index (χ1n) is 9.68. The Morgan fingerprint density at radius 3 is 2.39 bits per heavy atom. The predicted molar refractivity (Wildman–Crippen MR) is 119 cm³/mol. The number of rotatable bonds is 7. The Balaban J connectivity index is 1.52. The van der Waals surface area contributed by atoms with E-state index in [0.29, 0.717) is 0 Å². The van der Waals surface area contributed by atoms with Crippen LogP contribution in [0.3, 0.4) is 0 Å². The van der Waals surface area contributed by atoms with Gasteiger partial charge in [-0.15, -0.1) is 0 Å². The van der Waals surface area contributed by atoms with Gasteiger partial charge in [0.05, 0.1) is 9.92 Å². The van der Waals surface area contributed by atoms with Gasteiger partial charge in [-0.2, -0.15) is 4.57 Å². The van der Waals surface area contributed by atoms with E-state index in [1.807, 2.05) is 18.2 Å². The zero-order chi connectivity index (χ0) is 19.2. The number of para-hydroxylation sites is 1. The van der Waals surface area contributed by atoms with E-state index in [2.05, 4.69) is 77.5 Å². The van der Waals surface area contributed by atoms with E-state index in [4.69, 9.17) is 11.6 Å². The molecule has 3 heteroatoms. The van der Waals surface area contributed by atoms with Crippen LogP contribution >= 0.6 is 23.4 Å². The summed E-state index contributed by atoms with van der Waals surface area (Å²) in [4.78, 5) is 2.31. The summed E-state index contributed by atoms with van der Waals surface area (Å²) in [5.74, 6) is 0. The molecule has 3 aromatic carbocycles. The van der Waals surface area contributed by atoms with Gasteiger partial charge in [0.2, 0.25) is 5.52 Å². The Kier molecular flexibility index (Phi) is 6.31. The zero-order valence-electron chi connectivity index (χ0n) is 15.7. The molecular weight excluding hydrogens is 382 g/mol. The van der Waals surface area contributed by atoms with Crippen LogP contribution in [0.2, 0.25) is 5.02 Å². The van der Waals surface area contributed by atoms with Crippen molar-refractivity contribution in [1.82, 2.24) is 0 Å². The molecule has 0 aliphatic rings. The molecule has 28 heavy (non-hydrogen) atoms. The van der Waals surface area contributed by atoms with Crippen molar-refractivity contribution < 1.29 is 4.57 Å². The third-order valence-electron chi connectivity index (χ3n) is 4.85. The number of fused-ring (bicyclic) bond motifs is 1. The Morgan fingerprint density at radius 1 is 0.786 bits per heavy atom. The van der Waals surface area contributed by atoms with Crippen molar-refractivity contribution in [1.29, 1.82) is 0 Å². The second kappa shape index (κ2) is 9.27. The Morgan fingerprint density at radius 2 is 1.54 bits per heavy atom. The van der Waals surface area contributed by atoms with Gasteiger partial charge >= 0.3 is 0 Å². The van der Waals surface area contributed by atoms with Gasteiger partial charge in [0, 0.05) is 22.8 Å². The highest BCUT2D eigenvalue weighted by Crippen LogP contribution is 2.33. The maximum Gasteiger partial charge on any atom is 0.212 e. The molecular formula is C25H23ClNS+. The molecule has 0 radical (unpaired) electrons. The van der Waals surface area contributed by atoms with Crippen molar-refractivity contribution in [3.63, 3.8) is 0 Å². The highest BCUT2D eigenvalue weighted by molar-refractivity contribution is 7.99. The van der Waals surface area contributed by atoms with Gasteiger partial charge in [-0.3, -0.25) is 0 Å². The summed E-state index contributed by atoms with van der Waals surface area (Å²) >= 11 is 8.09. The monoisotopic (exact) mass is 404 g/mol. The molecule has 0 fully saturated rings. The van der Waals surface area contributed by atoms with Gasteiger partial charge in [-0.25, -0.2) is 0 Å². The normalized spacial score (nSPS) is 11.0. The van der Waals surface area contributed by atoms with E-state index in [-0.39, 0.29) is 0 Å². The van der Waals surface area contributed by atoms with Crippen molar-refractivity contribution in [2.75, 3.05) is 0 Å². The molecule has 0 bridgehead atoms. The number of aryl methyl sites for hydroxylation is 2. The Bertz CT molecular complexity index is 1060. The summed E-state index contributed by atoms with van der Waals surface area (Å²) in [6, 6.07) is 29.6. The molecule has 0 amide bonds. The van der Waals surface area contributed by atoms with Gasteiger partial charge in [-0.05, 0) is 42.7 Å². The minimum Gasteiger partial charge on any atom is -0.197 e. The molecule has 4 aromatic rings. The summed E-state index contributed by atoms with van der Waals surface area (Å²) < 4.78 is 2.39. The van der Waals surface area contributed by atoms with Crippen molar-refractivity contribution in [3.8, 4) is 0 Å². The molecule has 1 heterocycles. The smallest absolute Gasteiger partial charge is 0.197 e. The van der Waals surface area contributed by atoms with E-state index in [0.717, 1.165) is 29.3 Å². The lowest BCUT2D eigenvalue weighted by molar-refractivity contribution is -0.673. The molecule has 0 aliphatic heterocycles. The first-order chi connectivity index (χ1) is 13.8. The Hall–Kier alpha value is -2.29. The summed E-state index contributed by atoms with van der Waals surface area (Å²) in [6.45, 7) is 1.02. The van der Waals surface area contributed by atoms with Crippen LogP contribution in [-0.4, -0.2) is 0 Å². The number of aromatic nitrogens is 1. The molecule has 4 rings (SSSR count).